The van der Waals surface area contributed by atoms with Crippen molar-refractivity contribution in [1.82, 2.24) is 0 Å². The van der Waals surface area contributed by atoms with Gasteiger partial charge in [-0.15, -0.1) is 0 Å². The number of hydrogen-bond acceptors (Lipinski definition) is 7. The number of rotatable bonds is 6. The molecule has 1 N–H and O–H groups in total. The third-order valence-corrected chi connectivity index (χ3v) is 4.29. The van der Waals surface area contributed by atoms with E-state index in [9.17, 15) is 30.3 Å². The van der Waals surface area contributed by atoms with E-state index in [2.05, 4.69) is 5.32 Å². The zero-order valence-electron chi connectivity index (χ0n) is 16.1. The Morgan fingerprint density at radius 3 is 2.42 bits per heavy atom. The van der Waals surface area contributed by atoms with Gasteiger partial charge in [0.15, 0.2) is 0 Å². The third-order valence-electron chi connectivity index (χ3n) is 4.29. The Hall–Kier alpha value is -4.78. The lowest BCUT2D eigenvalue weighted by Gasteiger charge is -2.07. The number of non-ortho nitro benzene ring substituents is 2. The van der Waals surface area contributed by atoms with Crippen molar-refractivity contribution in [3.63, 3.8) is 0 Å². The van der Waals surface area contributed by atoms with E-state index in [1.807, 2.05) is 0 Å². The van der Waals surface area contributed by atoms with E-state index in [1.165, 1.54) is 48.5 Å². The Kier molecular flexibility index (Phi) is 5.88. The van der Waals surface area contributed by atoms with Crippen molar-refractivity contribution in [2.75, 3.05) is 5.32 Å². The van der Waals surface area contributed by atoms with Crippen molar-refractivity contribution in [2.45, 2.75) is 6.92 Å². The zero-order chi connectivity index (χ0) is 22.5. The Morgan fingerprint density at radius 2 is 1.77 bits per heavy atom. The van der Waals surface area contributed by atoms with E-state index in [-0.39, 0.29) is 22.7 Å². The largest absolute Gasteiger partial charge is 0.457 e. The van der Waals surface area contributed by atoms with Crippen LogP contribution in [0.15, 0.2) is 64.6 Å². The summed E-state index contributed by atoms with van der Waals surface area (Å²) in [6.07, 6.45) is 1.23. The van der Waals surface area contributed by atoms with Crippen LogP contribution in [-0.2, 0) is 4.79 Å². The van der Waals surface area contributed by atoms with Crippen LogP contribution in [0.3, 0.4) is 0 Å². The monoisotopic (exact) mass is 418 g/mol. The number of hydrogen-bond donors (Lipinski definition) is 1. The van der Waals surface area contributed by atoms with E-state index < -0.39 is 15.8 Å². The minimum Gasteiger partial charge on any atom is -0.457 e. The molecule has 0 atom stereocenters. The maximum absolute atomic E-state index is 12.5. The van der Waals surface area contributed by atoms with Gasteiger partial charge in [-0.2, -0.15) is 5.26 Å². The van der Waals surface area contributed by atoms with Crippen LogP contribution in [0.1, 0.15) is 11.3 Å². The van der Waals surface area contributed by atoms with E-state index in [0.717, 1.165) is 0 Å². The summed E-state index contributed by atoms with van der Waals surface area (Å²) in [7, 11) is 0. The molecule has 10 heteroatoms. The van der Waals surface area contributed by atoms with Gasteiger partial charge >= 0.3 is 0 Å². The number of benzene rings is 2. The van der Waals surface area contributed by atoms with E-state index >= 15 is 0 Å². The molecule has 0 saturated heterocycles. The minimum atomic E-state index is -0.715. The molecule has 3 rings (SSSR count). The summed E-state index contributed by atoms with van der Waals surface area (Å²) >= 11 is 0. The number of carbonyl (C=O) groups excluding carboxylic acids is 1. The van der Waals surface area contributed by atoms with Crippen LogP contribution in [0.4, 0.5) is 17.1 Å². The molecule has 1 aromatic heterocycles. The van der Waals surface area contributed by atoms with Gasteiger partial charge in [0, 0.05) is 41.6 Å². The Morgan fingerprint density at radius 1 is 1.06 bits per heavy atom. The van der Waals surface area contributed by atoms with Crippen molar-refractivity contribution in [2.24, 2.45) is 0 Å². The highest BCUT2D eigenvalue weighted by molar-refractivity contribution is 6.09. The number of aryl methyl sites for hydroxylation is 1. The van der Waals surface area contributed by atoms with Gasteiger partial charge < -0.3 is 9.73 Å². The molecule has 0 bridgehead atoms. The van der Waals surface area contributed by atoms with Crippen LogP contribution < -0.4 is 5.32 Å². The van der Waals surface area contributed by atoms with Gasteiger partial charge in [-0.25, -0.2) is 0 Å². The molecule has 154 valence electrons. The predicted molar refractivity (Wildman–Crippen MR) is 111 cm³/mol. The molecule has 0 aliphatic rings. The first kappa shape index (κ1) is 20.9. The van der Waals surface area contributed by atoms with Gasteiger partial charge in [0.25, 0.3) is 17.3 Å². The molecule has 0 spiro atoms. The third kappa shape index (κ3) is 4.80. The number of furan rings is 1. The molecule has 3 aromatic rings. The van der Waals surface area contributed by atoms with Crippen LogP contribution >= 0.6 is 0 Å². The number of nitro benzene ring substituents is 2. The van der Waals surface area contributed by atoms with Gasteiger partial charge in [0.05, 0.1) is 9.85 Å². The second-order valence-electron chi connectivity index (χ2n) is 6.39. The highest BCUT2D eigenvalue weighted by atomic mass is 16.6. The first-order valence-corrected chi connectivity index (χ1v) is 8.81. The van der Waals surface area contributed by atoms with Crippen molar-refractivity contribution >= 4 is 29.0 Å². The first-order chi connectivity index (χ1) is 14.8. The average molecular weight is 418 g/mol. The highest BCUT2D eigenvalue weighted by Crippen LogP contribution is 2.27. The highest BCUT2D eigenvalue weighted by Gasteiger charge is 2.15. The maximum atomic E-state index is 12.5. The molecule has 0 saturated carbocycles. The summed E-state index contributed by atoms with van der Waals surface area (Å²) in [4.78, 5) is 33.1. The number of carbonyl (C=O) groups is 1. The van der Waals surface area contributed by atoms with Gasteiger partial charge in [-0.3, -0.25) is 25.0 Å². The molecule has 2 aromatic carbocycles. The van der Waals surface area contributed by atoms with Crippen LogP contribution in [-0.4, -0.2) is 15.8 Å². The summed E-state index contributed by atoms with van der Waals surface area (Å²) in [5.41, 5.74) is 0.799. The minimum absolute atomic E-state index is 0.0958. The summed E-state index contributed by atoms with van der Waals surface area (Å²) in [5, 5.41) is 33.6. The summed E-state index contributed by atoms with van der Waals surface area (Å²) in [6, 6.07) is 14.7. The van der Waals surface area contributed by atoms with Crippen molar-refractivity contribution in [3.8, 4) is 17.4 Å². The summed E-state index contributed by atoms with van der Waals surface area (Å²) in [6.45, 7) is 1.59. The lowest BCUT2D eigenvalue weighted by Crippen LogP contribution is -2.14. The quantitative estimate of drug-likeness (QED) is 0.265. The molecule has 0 unspecified atom stereocenters. The topological polar surface area (TPSA) is 152 Å². The molecule has 0 fully saturated rings. The standard InChI is InChI=1S/C21H14N4O6/c1-13-9-17(25(29)30)5-7-19(13)23-21(26)15(12-22)11-18-6-8-20(31-18)14-3-2-4-16(10-14)24(27)28/h2-11H,1H3,(H,23,26)/b15-11+. The Bertz CT molecular complexity index is 1270. The van der Waals surface area contributed by atoms with Crippen molar-refractivity contribution < 1.29 is 19.1 Å². The van der Waals surface area contributed by atoms with Crippen molar-refractivity contribution in [1.29, 1.82) is 5.26 Å². The fraction of sp³-hybridized carbons (Fsp3) is 0.0476. The summed E-state index contributed by atoms with van der Waals surface area (Å²) in [5.74, 6) is -0.180. The van der Waals surface area contributed by atoms with E-state index in [1.54, 1.807) is 25.1 Å². The normalized spacial score (nSPS) is 10.9. The van der Waals surface area contributed by atoms with Gasteiger partial charge in [0.1, 0.15) is 23.2 Å². The van der Waals surface area contributed by atoms with Crippen LogP contribution in [0.5, 0.6) is 0 Å². The molecule has 0 aliphatic carbocycles. The lowest BCUT2D eigenvalue weighted by atomic mass is 10.1. The summed E-state index contributed by atoms with van der Waals surface area (Å²) < 4.78 is 5.60. The number of amides is 1. The first-order valence-electron chi connectivity index (χ1n) is 8.81. The predicted octanol–water partition coefficient (Wildman–Crippen LogP) is 4.62. The van der Waals surface area contributed by atoms with E-state index in [4.69, 9.17) is 4.42 Å². The number of nitrogens with zero attached hydrogens (tertiary/aromatic N) is 3. The van der Waals surface area contributed by atoms with Crippen LogP contribution in [0.25, 0.3) is 17.4 Å². The van der Waals surface area contributed by atoms with E-state index in [0.29, 0.717) is 22.6 Å². The molecule has 10 nitrogen and oxygen atoms in total. The number of anilines is 1. The fourth-order valence-electron chi connectivity index (χ4n) is 2.74. The molecule has 1 amide bonds. The number of nitrogens with one attached hydrogen (secondary N) is 1. The second-order valence-corrected chi connectivity index (χ2v) is 6.39. The SMILES string of the molecule is Cc1cc([N+](=O)[O-])ccc1NC(=O)/C(C#N)=C/c1ccc(-c2cccc([N+](=O)[O-])c2)o1. The zero-order valence-corrected chi connectivity index (χ0v) is 16.1. The smallest absolute Gasteiger partial charge is 0.270 e. The maximum Gasteiger partial charge on any atom is 0.270 e. The second kappa shape index (κ2) is 8.71. The molecular formula is C21H14N4O6. The number of nitro groups is 2. The lowest BCUT2D eigenvalue weighted by molar-refractivity contribution is -0.385. The van der Waals surface area contributed by atoms with Crippen molar-refractivity contribution in [3.05, 3.63) is 91.7 Å². The Labute approximate surface area is 175 Å². The van der Waals surface area contributed by atoms with Crippen LogP contribution in [0.2, 0.25) is 0 Å². The number of nitriles is 1. The van der Waals surface area contributed by atoms with Crippen LogP contribution in [0, 0.1) is 38.5 Å². The van der Waals surface area contributed by atoms with Gasteiger partial charge in [0.2, 0.25) is 0 Å². The van der Waals surface area contributed by atoms with Gasteiger partial charge in [-0.05, 0) is 30.7 Å². The molecule has 0 aliphatic heterocycles. The fourth-order valence-corrected chi connectivity index (χ4v) is 2.74. The average Bonchev–Trinajstić information content (AvgIpc) is 3.22. The Balaban J connectivity index is 1.82. The molecule has 1 heterocycles. The molecule has 31 heavy (non-hydrogen) atoms. The van der Waals surface area contributed by atoms with Gasteiger partial charge in [-0.1, -0.05) is 12.1 Å². The molecular weight excluding hydrogens is 404 g/mol. The molecule has 0 radical (unpaired) electrons.